The number of nitrogens with zero attached hydrogens (tertiary/aromatic N) is 3. The molecule has 0 N–H and O–H groups in total. The molecule has 0 aromatic carbocycles. The zero-order valence-electron chi connectivity index (χ0n) is 14.6. The molecule has 2 fully saturated rings. The summed E-state index contributed by atoms with van der Waals surface area (Å²) in [6.07, 6.45) is 8.70. The van der Waals surface area contributed by atoms with E-state index >= 15 is 0 Å². The zero-order valence-corrected chi connectivity index (χ0v) is 14.6. The monoisotopic (exact) mass is 301 g/mol. The van der Waals surface area contributed by atoms with E-state index in [1.807, 2.05) is 6.20 Å². The summed E-state index contributed by atoms with van der Waals surface area (Å²) in [4.78, 5) is 9.59. The standard InChI is InChI=1S/C19H31N3/c1-5-14-6-7-17(20-12-14)13-22(4)19-10-15-8-18(21(2)3)9-16(15)11-19/h6-7,12,15-16,18-19H,5,8-11,13H2,1-4H3/t15-,16+,18?,19?. The maximum absolute atomic E-state index is 4.62. The summed E-state index contributed by atoms with van der Waals surface area (Å²) in [6, 6.07) is 6.00. The smallest absolute Gasteiger partial charge is 0.0544 e. The second-order valence-corrected chi connectivity index (χ2v) is 7.66. The second kappa shape index (κ2) is 6.67. The van der Waals surface area contributed by atoms with E-state index in [1.54, 1.807) is 0 Å². The maximum atomic E-state index is 4.62. The van der Waals surface area contributed by atoms with Gasteiger partial charge in [-0.25, -0.2) is 0 Å². The Kier molecular flexibility index (Phi) is 4.84. The zero-order chi connectivity index (χ0) is 15.7. The Morgan fingerprint density at radius 3 is 2.14 bits per heavy atom. The van der Waals surface area contributed by atoms with Crippen LogP contribution in [0.25, 0.3) is 0 Å². The number of pyridine rings is 1. The summed E-state index contributed by atoms with van der Waals surface area (Å²) in [5, 5.41) is 0. The van der Waals surface area contributed by atoms with E-state index in [-0.39, 0.29) is 0 Å². The molecule has 3 rings (SSSR count). The fourth-order valence-corrected chi connectivity index (χ4v) is 4.48. The van der Waals surface area contributed by atoms with E-state index in [9.17, 15) is 0 Å². The molecule has 2 saturated carbocycles. The van der Waals surface area contributed by atoms with Crippen LogP contribution in [0, 0.1) is 11.8 Å². The molecular formula is C19H31N3. The lowest BCUT2D eigenvalue weighted by Crippen LogP contribution is -2.31. The van der Waals surface area contributed by atoms with Crippen LogP contribution in [0.3, 0.4) is 0 Å². The Balaban J connectivity index is 1.53. The van der Waals surface area contributed by atoms with Gasteiger partial charge in [0.2, 0.25) is 0 Å². The predicted molar refractivity (Wildman–Crippen MR) is 91.8 cm³/mol. The molecule has 0 bridgehead atoms. The minimum atomic E-state index is 0.755. The lowest BCUT2D eigenvalue weighted by Gasteiger charge is -2.26. The molecule has 3 nitrogen and oxygen atoms in total. The highest BCUT2D eigenvalue weighted by Gasteiger charge is 2.43. The lowest BCUT2D eigenvalue weighted by molar-refractivity contribution is 0.210. The van der Waals surface area contributed by atoms with Crippen LogP contribution in [0.4, 0.5) is 0 Å². The minimum Gasteiger partial charge on any atom is -0.306 e. The van der Waals surface area contributed by atoms with Crippen LogP contribution in [0.15, 0.2) is 18.3 Å². The largest absolute Gasteiger partial charge is 0.306 e. The fourth-order valence-electron chi connectivity index (χ4n) is 4.48. The molecule has 3 heteroatoms. The van der Waals surface area contributed by atoms with E-state index in [0.29, 0.717) is 0 Å². The topological polar surface area (TPSA) is 19.4 Å². The molecule has 0 radical (unpaired) electrons. The third-order valence-electron chi connectivity index (χ3n) is 6.03. The third-order valence-corrected chi connectivity index (χ3v) is 6.03. The van der Waals surface area contributed by atoms with Crippen molar-refractivity contribution in [3.05, 3.63) is 29.6 Å². The van der Waals surface area contributed by atoms with Gasteiger partial charge in [0.05, 0.1) is 5.69 Å². The molecule has 0 amide bonds. The molecular weight excluding hydrogens is 270 g/mol. The lowest BCUT2D eigenvalue weighted by atomic mass is 10.0. The van der Waals surface area contributed by atoms with Gasteiger partial charge in [-0.15, -0.1) is 0 Å². The van der Waals surface area contributed by atoms with Crippen molar-refractivity contribution >= 4 is 0 Å². The Morgan fingerprint density at radius 2 is 1.64 bits per heavy atom. The number of hydrogen-bond acceptors (Lipinski definition) is 3. The van der Waals surface area contributed by atoms with Gasteiger partial charge in [0, 0.05) is 24.8 Å². The number of aryl methyl sites for hydroxylation is 1. The Hall–Kier alpha value is -0.930. The van der Waals surface area contributed by atoms with E-state index < -0.39 is 0 Å². The van der Waals surface area contributed by atoms with Crippen LogP contribution in [0.5, 0.6) is 0 Å². The van der Waals surface area contributed by atoms with Crippen LogP contribution < -0.4 is 0 Å². The highest BCUT2D eigenvalue weighted by Crippen LogP contribution is 2.46. The van der Waals surface area contributed by atoms with Crippen molar-refractivity contribution in [2.24, 2.45) is 11.8 Å². The van der Waals surface area contributed by atoms with Gasteiger partial charge in [0.15, 0.2) is 0 Å². The van der Waals surface area contributed by atoms with E-state index in [4.69, 9.17) is 0 Å². The van der Waals surface area contributed by atoms with Crippen LogP contribution in [-0.4, -0.2) is 48.0 Å². The average Bonchev–Trinajstić information content (AvgIpc) is 3.06. The Bertz CT molecular complexity index is 468. The van der Waals surface area contributed by atoms with Crippen LogP contribution in [0.2, 0.25) is 0 Å². The van der Waals surface area contributed by atoms with Crippen molar-refractivity contribution in [2.45, 2.75) is 57.7 Å². The van der Waals surface area contributed by atoms with Gasteiger partial charge >= 0.3 is 0 Å². The molecule has 1 heterocycles. The summed E-state index contributed by atoms with van der Waals surface area (Å²) in [5.41, 5.74) is 2.54. The van der Waals surface area contributed by atoms with Crippen LogP contribution in [-0.2, 0) is 13.0 Å². The second-order valence-electron chi connectivity index (χ2n) is 7.66. The molecule has 122 valence electrons. The minimum absolute atomic E-state index is 0.755. The Morgan fingerprint density at radius 1 is 1.00 bits per heavy atom. The third kappa shape index (κ3) is 3.36. The van der Waals surface area contributed by atoms with Gasteiger partial charge in [-0.3, -0.25) is 9.88 Å². The van der Waals surface area contributed by atoms with E-state index in [0.717, 1.165) is 36.9 Å². The van der Waals surface area contributed by atoms with Crippen molar-refractivity contribution in [1.82, 2.24) is 14.8 Å². The summed E-state index contributed by atoms with van der Waals surface area (Å²) < 4.78 is 0. The summed E-state index contributed by atoms with van der Waals surface area (Å²) in [6.45, 7) is 3.17. The van der Waals surface area contributed by atoms with Gasteiger partial charge < -0.3 is 4.90 Å². The molecule has 4 atom stereocenters. The van der Waals surface area contributed by atoms with Gasteiger partial charge in [-0.2, -0.15) is 0 Å². The van der Waals surface area contributed by atoms with Gasteiger partial charge in [-0.1, -0.05) is 13.0 Å². The molecule has 2 aliphatic carbocycles. The van der Waals surface area contributed by atoms with Crippen molar-refractivity contribution in [3.8, 4) is 0 Å². The maximum Gasteiger partial charge on any atom is 0.0544 e. The first kappa shape index (κ1) is 15.9. The summed E-state index contributed by atoms with van der Waals surface area (Å²) in [5.74, 6) is 1.91. The molecule has 22 heavy (non-hydrogen) atoms. The average molecular weight is 301 g/mol. The highest BCUT2D eigenvalue weighted by molar-refractivity contribution is 5.14. The van der Waals surface area contributed by atoms with Gasteiger partial charge in [-0.05, 0) is 76.7 Å². The summed E-state index contributed by atoms with van der Waals surface area (Å²) in [7, 11) is 6.76. The Labute approximate surface area is 135 Å². The molecule has 2 unspecified atom stereocenters. The quantitative estimate of drug-likeness (QED) is 0.832. The first-order valence-corrected chi connectivity index (χ1v) is 8.87. The van der Waals surface area contributed by atoms with Crippen LogP contribution in [0.1, 0.15) is 43.9 Å². The first-order valence-electron chi connectivity index (χ1n) is 8.87. The number of rotatable bonds is 5. The predicted octanol–water partition coefficient (Wildman–Crippen LogP) is 3.19. The molecule has 2 aliphatic rings. The van der Waals surface area contributed by atoms with Gasteiger partial charge in [0.1, 0.15) is 0 Å². The van der Waals surface area contributed by atoms with Crippen molar-refractivity contribution in [3.63, 3.8) is 0 Å². The van der Waals surface area contributed by atoms with Crippen LogP contribution >= 0.6 is 0 Å². The molecule has 1 aromatic heterocycles. The van der Waals surface area contributed by atoms with Gasteiger partial charge in [0.25, 0.3) is 0 Å². The number of fused-ring (bicyclic) bond motifs is 1. The SMILES string of the molecule is CCc1ccc(CN(C)C2C[C@H]3CC(N(C)C)C[C@H]3C2)nc1. The molecule has 0 aliphatic heterocycles. The number of hydrogen-bond donors (Lipinski definition) is 0. The van der Waals surface area contributed by atoms with Crippen molar-refractivity contribution in [2.75, 3.05) is 21.1 Å². The van der Waals surface area contributed by atoms with Crippen molar-refractivity contribution in [1.29, 1.82) is 0 Å². The highest BCUT2D eigenvalue weighted by atomic mass is 15.1. The normalized spacial score (nSPS) is 31.2. The molecule has 0 saturated heterocycles. The summed E-state index contributed by atoms with van der Waals surface area (Å²) >= 11 is 0. The first-order chi connectivity index (χ1) is 10.6. The molecule has 0 spiro atoms. The van der Waals surface area contributed by atoms with E-state index in [2.05, 4.69) is 55.0 Å². The number of aromatic nitrogens is 1. The van der Waals surface area contributed by atoms with Crippen molar-refractivity contribution < 1.29 is 0 Å². The fraction of sp³-hybridized carbons (Fsp3) is 0.737. The molecule has 1 aromatic rings. The van der Waals surface area contributed by atoms with E-state index in [1.165, 1.54) is 36.9 Å².